The van der Waals surface area contributed by atoms with Crippen LogP contribution in [0.3, 0.4) is 0 Å². The predicted octanol–water partition coefficient (Wildman–Crippen LogP) is 17.8. The zero-order chi connectivity index (χ0) is 67.3. The zero-order valence-corrected chi connectivity index (χ0v) is 86.0. The van der Waals surface area contributed by atoms with Gasteiger partial charge < -0.3 is 4.74 Å². The van der Waals surface area contributed by atoms with E-state index < -0.39 is 120 Å². The van der Waals surface area contributed by atoms with Crippen molar-refractivity contribution in [3.05, 3.63) is 150 Å². The van der Waals surface area contributed by atoms with E-state index in [1.165, 1.54) is 28.5 Å². The molecule has 0 saturated carbocycles. The molecule has 5 aromatic rings. The van der Waals surface area contributed by atoms with Gasteiger partial charge in [-0.25, -0.2) is 0 Å². The van der Waals surface area contributed by atoms with Crippen molar-refractivity contribution in [1.29, 1.82) is 0 Å². The van der Waals surface area contributed by atoms with Crippen LogP contribution in [-0.2, 0) is 18.7 Å². The van der Waals surface area contributed by atoms with E-state index in [-0.39, 0.29) is 31.1 Å². The fourth-order valence-corrected chi connectivity index (χ4v) is 187. The van der Waals surface area contributed by atoms with Crippen molar-refractivity contribution in [2.75, 3.05) is 13.2 Å². The molecule has 23 heteroatoms. The first kappa shape index (κ1) is 91.7. The zero-order valence-electron chi connectivity index (χ0n) is 61.3. The Labute approximate surface area is 606 Å². The van der Waals surface area contributed by atoms with Gasteiger partial charge in [-0.05, 0) is 31.1 Å². The monoisotopic (exact) mass is 1830 g/mol. The summed E-state index contributed by atoms with van der Waals surface area (Å²) in [5.41, 5.74) is 7.05. The number of hydrogen-bond donors (Lipinski definition) is 0. The first-order valence-electron chi connectivity index (χ1n) is 31.7. The van der Waals surface area contributed by atoms with Crippen molar-refractivity contribution in [3.8, 4) is 0 Å². The van der Waals surface area contributed by atoms with Crippen LogP contribution in [0.25, 0.3) is 0 Å². The molecule has 0 radical (unpaired) electrons. The predicted molar refractivity (Wildman–Crippen MR) is 442 cm³/mol. The van der Waals surface area contributed by atoms with Crippen LogP contribution < -0.4 is 0 Å². The molecule has 88 heavy (non-hydrogen) atoms. The summed E-state index contributed by atoms with van der Waals surface area (Å²) in [6, 6.07) is 33.3. The van der Waals surface area contributed by atoms with Gasteiger partial charge in [-0.2, -0.15) is 0 Å². The van der Waals surface area contributed by atoms with E-state index in [0.717, 1.165) is 18.4 Å². The van der Waals surface area contributed by atoms with Gasteiger partial charge in [-0.3, -0.25) is 4.98 Å². The standard InChI is InChI=1S/C24H44GeN2Si4Te.C24H46GeN2Si4.C12H23NSi2.C4H10O.CH4.Cl2GeH2.H2Te/c1-28(2,3)23(29(4,5)6,21-17-13-15-19-26-21)25(32)24(30(7,8)9,31(10,11)12)22-18-14-16-20-27-22;1-28(2,3)23(29(4,5)6,21-17-13-15-19-26-21)25-24(30(7,8)9,31(10,11)12)22-18-14-16-20-27-22;1-14(2,3)12(15(4,5)6)11-9-7-8-10-13-11;1-3-5-4-2;;1-3-2;/h13-20H,1-12H3;13-20H,25H2,1-12H3;7-10,12H,1-6H3;3-4H2,1-2H3;1H4;3H2;1H2. The van der Waals surface area contributed by atoms with Crippen molar-refractivity contribution in [3.63, 3.8) is 0 Å². The Balaban J connectivity index is 0. The third-order valence-corrected chi connectivity index (χ3v) is 150. The minimum atomic E-state index is -1.93. The number of aromatic nitrogens is 5. The first-order chi connectivity index (χ1) is 38.8. The summed E-state index contributed by atoms with van der Waals surface area (Å²) in [7, 11) is -7.55. The molecule has 0 amide bonds. The SMILES string of the molecule is C.CCOCC.C[Si](C)(C)C(c1ccccn1)[Si](C)(C)C.C[Si](C)(C)[C]([GeH2][C](c1ccccn1)([Si](C)(C)C)[Si](C)(C)C)(c1ccccn1)[Si](C)(C)C.C[Si](C)(C)[C](c1ccccn1)([Ge](=[Te])[C](c1ccccn1)([Si](C)(C)C)[Si](C)(C)C)[Si](C)(C)C.[Cl][GeH2][Cl].[TeH2]. The maximum absolute atomic E-state index is 5.20. The molecule has 0 saturated heterocycles. The second kappa shape index (κ2) is 36.5. The normalized spacial score (nSPS) is 13.3. The molecular weight excluding hydrogens is 1690 g/mol. The number of halogens is 2. The van der Waals surface area contributed by atoms with Crippen molar-refractivity contribution in [2.24, 2.45) is 0 Å². The second-order valence-electron chi connectivity index (χ2n) is 34.0. The Kier molecular flexibility index (Phi) is 38.0. The second-order valence-corrected chi connectivity index (χ2v) is 120. The number of hydrogen-bond acceptors (Lipinski definition) is 6. The molecule has 0 unspecified atom stereocenters. The molecule has 0 aliphatic heterocycles. The molecule has 6 nitrogen and oxygen atoms in total. The molecule has 0 aliphatic carbocycles. The van der Waals surface area contributed by atoms with E-state index >= 15 is 0 Å². The van der Waals surface area contributed by atoms with E-state index in [2.05, 4.69) is 330 Å². The summed E-state index contributed by atoms with van der Waals surface area (Å²) >= 11 is 0.428. The van der Waals surface area contributed by atoms with Crippen molar-refractivity contribution >= 4 is 183 Å². The number of ether oxygens (including phenoxy) is 1. The molecule has 0 bridgehead atoms. The van der Waals surface area contributed by atoms with Gasteiger partial charge in [0, 0.05) is 25.1 Å². The molecule has 0 fully saturated rings. The summed E-state index contributed by atoms with van der Waals surface area (Å²) in [6.45, 7) is 83.9. The van der Waals surface area contributed by atoms with E-state index in [1.807, 2.05) is 26.1 Å². The van der Waals surface area contributed by atoms with Gasteiger partial charge in [0.15, 0.2) is 0 Å². The molecule has 0 N–H and O–H groups in total. The first-order valence-corrected chi connectivity index (χ1v) is 86.6. The van der Waals surface area contributed by atoms with Gasteiger partial charge in [-0.1, -0.05) is 52.8 Å². The number of nitrogens with zero attached hydrogens (tertiary/aromatic N) is 5. The van der Waals surface area contributed by atoms with Gasteiger partial charge in [-0.15, -0.1) is 0 Å². The molecule has 0 aromatic carbocycles. The van der Waals surface area contributed by atoms with Crippen LogP contribution in [0.15, 0.2) is 122 Å². The number of pyridine rings is 5. The van der Waals surface area contributed by atoms with Crippen molar-refractivity contribution in [2.45, 2.75) is 237 Å². The molecule has 5 heterocycles. The Hall–Kier alpha value is 1.67. The van der Waals surface area contributed by atoms with Crippen LogP contribution in [0.4, 0.5) is 0 Å². The third-order valence-electron chi connectivity index (χ3n) is 18.3. The summed E-state index contributed by atoms with van der Waals surface area (Å²) in [4.78, 5) is 25.3. The fraction of sp³-hybridized carbons (Fsp3) is 0.615. The van der Waals surface area contributed by atoms with E-state index in [1.54, 1.807) is 0 Å². The van der Waals surface area contributed by atoms with Gasteiger partial charge in [0.25, 0.3) is 0 Å². The summed E-state index contributed by atoms with van der Waals surface area (Å²) in [5, 5.41) is 0.756. The van der Waals surface area contributed by atoms with Crippen LogP contribution in [0.1, 0.15) is 54.9 Å². The van der Waals surface area contributed by atoms with Crippen molar-refractivity contribution < 1.29 is 4.74 Å². The maximum atomic E-state index is 5.20. The number of rotatable bonds is 21. The average molecular weight is 1820 g/mol. The summed E-state index contributed by atoms with van der Waals surface area (Å²) in [6.07, 6.45) is 10.2. The van der Waals surface area contributed by atoms with E-state index in [9.17, 15) is 0 Å². The summed E-state index contributed by atoms with van der Waals surface area (Å²) < 4.78 is 6.13. The van der Waals surface area contributed by atoms with Crippen LogP contribution in [0.2, 0.25) is 196 Å². The van der Waals surface area contributed by atoms with Crippen LogP contribution >= 0.6 is 20.0 Å². The molecule has 0 atom stereocenters. The Morgan fingerprint density at radius 2 is 0.625 bits per heavy atom. The van der Waals surface area contributed by atoms with E-state index in [4.69, 9.17) is 44.7 Å². The van der Waals surface area contributed by atoms with Gasteiger partial charge in [0.05, 0.1) is 16.1 Å². The van der Waals surface area contributed by atoms with Crippen LogP contribution in [0.5, 0.6) is 0 Å². The third kappa shape index (κ3) is 21.8. The molecule has 0 spiro atoms. The van der Waals surface area contributed by atoms with Crippen molar-refractivity contribution in [1.82, 2.24) is 24.9 Å². The van der Waals surface area contributed by atoms with E-state index in [0.29, 0.717) is 14.0 Å². The molecule has 500 valence electrons. The van der Waals surface area contributed by atoms with Crippen LogP contribution in [0, 0.1) is 0 Å². The topological polar surface area (TPSA) is 73.7 Å². The molecule has 0 aliphatic rings. The Morgan fingerprint density at radius 3 is 0.784 bits per heavy atom. The Morgan fingerprint density at radius 1 is 0.398 bits per heavy atom. The minimum absolute atomic E-state index is 0. The fourth-order valence-electron chi connectivity index (χ4n) is 16.4. The molecular formula is C65H131Cl2Ge3N5OSi10Te2. The summed E-state index contributed by atoms with van der Waals surface area (Å²) in [5.74, 6) is 0. The van der Waals surface area contributed by atoms with Crippen LogP contribution in [-0.4, -0.2) is 201 Å². The van der Waals surface area contributed by atoms with Gasteiger partial charge >= 0.3 is 479 Å². The Bertz CT molecular complexity index is 2560. The quantitative estimate of drug-likeness (QED) is 0.0682. The molecule has 5 aromatic heterocycles. The van der Waals surface area contributed by atoms with Gasteiger partial charge in [0.1, 0.15) is 0 Å². The molecule has 5 rings (SSSR count). The van der Waals surface area contributed by atoms with Gasteiger partial charge in [0.2, 0.25) is 0 Å². The average Bonchev–Trinajstić information content (AvgIpc) is 0.970.